The Morgan fingerprint density at radius 2 is 1.92 bits per heavy atom. The minimum absolute atomic E-state index is 0.143. The standard InChI is InChI=1S/C18H16N2O4/c1-22-13-6-8-14(9-7-13)24-18-16(5-2-10-19-18)20-17(21)12-15-4-3-11-23-15/h2-11H,12H2,1H3,(H,20,21). The van der Waals surface area contributed by atoms with Crippen molar-refractivity contribution in [3.63, 3.8) is 0 Å². The van der Waals surface area contributed by atoms with Crippen LogP contribution in [-0.2, 0) is 11.2 Å². The molecular formula is C18H16N2O4. The molecule has 0 aliphatic heterocycles. The molecule has 0 atom stereocenters. The average Bonchev–Trinajstić information content (AvgIpc) is 3.10. The second-order valence-electron chi connectivity index (χ2n) is 4.94. The number of pyridine rings is 1. The van der Waals surface area contributed by atoms with Crippen molar-refractivity contribution in [1.29, 1.82) is 0 Å². The lowest BCUT2D eigenvalue weighted by Gasteiger charge is -2.11. The summed E-state index contributed by atoms with van der Waals surface area (Å²) in [5.74, 6) is 2.02. The minimum Gasteiger partial charge on any atom is -0.497 e. The lowest BCUT2D eigenvalue weighted by molar-refractivity contribution is -0.115. The summed E-state index contributed by atoms with van der Waals surface area (Å²) in [5, 5.41) is 2.78. The van der Waals surface area contributed by atoms with Crippen LogP contribution in [0.1, 0.15) is 5.76 Å². The zero-order valence-electron chi connectivity index (χ0n) is 13.1. The summed E-state index contributed by atoms with van der Waals surface area (Å²) in [5.41, 5.74) is 0.491. The summed E-state index contributed by atoms with van der Waals surface area (Å²) < 4.78 is 16.0. The fraction of sp³-hybridized carbons (Fsp3) is 0.111. The van der Waals surface area contributed by atoms with Crippen LogP contribution in [0.3, 0.4) is 0 Å². The molecule has 1 amide bonds. The summed E-state index contributed by atoms with van der Waals surface area (Å²) in [4.78, 5) is 16.3. The molecule has 1 N–H and O–H groups in total. The Morgan fingerprint density at radius 3 is 2.62 bits per heavy atom. The van der Waals surface area contributed by atoms with Crippen LogP contribution in [0, 0.1) is 0 Å². The molecule has 0 fully saturated rings. The smallest absolute Gasteiger partial charge is 0.243 e. The molecule has 0 unspecified atom stereocenters. The van der Waals surface area contributed by atoms with Crippen LogP contribution in [-0.4, -0.2) is 18.0 Å². The van der Waals surface area contributed by atoms with Gasteiger partial charge in [-0.15, -0.1) is 0 Å². The third-order valence-electron chi connectivity index (χ3n) is 3.23. The number of hydrogen-bond acceptors (Lipinski definition) is 5. The van der Waals surface area contributed by atoms with Crippen molar-refractivity contribution in [2.75, 3.05) is 12.4 Å². The van der Waals surface area contributed by atoms with Crippen LogP contribution in [0.15, 0.2) is 65.4 Å². The second kappa shape index (κ2) is 7.32. The highest BCUT2D eigenvalue weighted by atomic mass is 16.5. The third-order valence-corrected chi connectivity index (χ3v) is 3.23. The number of ether oxygens (including phenoxy) is 2. The molecule has 3 aromatic rings. The van der Waals surface area contributed by atoms with Crippen molar-refractivity contribution in [3.8, 4) is 17.4 Å². The van der Waals surface area contributed by atoms with Crippen LogP contribution < -0.4 is 14.8 Å². The van der Waals surface area contributed by atoms with Gasteiger partial charge in [-0.1, -0.05) is 0 Å². The Labute approximate surface area is 139 Å². The van der Waals surface area contributed by atoms with Gasteiger partial charge in [0.15, 0.2) is 0 Å². The van der Waals surface area contributed by atoms with Gasteiger partial charge in [-0.25, -0.2) is 4.98 Å². The van der Waals surface area contributed by atoms with E-state index in [9.17, 15) is 4.79 Å². The number of nitrogens with zero attached hydrogens (tertiary/aromatic N) is 1. The molecule has 122 valence electrons. The molecule has 3 rings (SSSR count). The van der Waals surface area contributed by atoms with E-state index in [1.807, 2.05) is 0 Å². The lowest BCUT2D eigenvalue weighted by atomic mass is 10.3. The monoisotopic (exact) mass is 324 g/mol. The molecule has 1 aromatic carbocycles. The fourth-order valence-electron chi connectivity index (χ4n) is 2.09. The molecule has 0 radical (unpaired) electrons. The van der Waals surface area contributed by atoms with Gasteiger partial charge in [-0.05, 0) is 48.5 Å². The number of carbonyl (C=O) groups excluding carboxylic acids is 1. The van der Waals surface area contributed by atoms with Crippen molar-refractivity contribution < 1.29 is 18.7 Å². The van der Waals surface area contributed by atoms with E-state index < -0.39 is 0 Å². The van der Waals surface area contributed by atoms with E-state index in [2.05, 4.69) is 10.3 Å². The highest BCUT2D eigenvalue weighted by Crippen LogP contribution is 2.28. The van der Waals surface area contributed by atoms with Gasteiger partial charge in [-0.3, -0.25) is 4.79 Å². The quantitative estimate of drug-likeness (QED) is 0.749. The number of benzene rings is 1. The highest BCUT2D eigenvalue weighted by Gasteiger charge is 2.11. The maximum absolute atomic E-state index is 12.1. The SMILES string of the molecule is COc1ccc(Oc2ncccc2NC(=O)Cc2ccco2)cc1. The van der Waals surface area contributed by atoms with Crippen LogP contribution >= 0.6 is 0 Å². The molecule has 6 nitrogen and oxygen atoms in total. The molecule has 2 heterocycles. The highest BCUT2D eigenvalue weighted by molar-refractivity contribution is 5.93. The molecule has 0 spiro atoms. The summed E-state index contributed by atoms with van der Waals surface area (Å²) in [6.45, 7) is 0. The second-order valence-corrected chi connectivity index (χ2v) is 4.94. The topological polar surface area (TPSA) is 73.6 Å². The first kappa shape index (κ1) is 15.6. The average molecular weight is 324 g/mol. The summed E-state index contributed by atoms with van der Waals surface area (Å²) in [6.07, 6.45) is 3.27. The van der Waals surface area contributed by atoms with E-state index in [0.29, 0.717) is 23.1 Å². The Balaban J connectivity index is 1.71. The maximum Gasteiger partial charge on any atom is 0.243 e. The van der Waals surface area contributed by atoms with Gasteiger partial charge in [0.05, 0.1) is 19.8 Å². The number of methoxy groups -OCH3 is 1. The Bertz CT molecular complexity index is 798. The fourth-order valence-corrected chi connectivity index (χ4v) is 2.09. The number of nitrogens with one attached hydrogen (secondary N) is 1. The van der Waals surface area contributed by atoms with E-state index in [1.165, 1.54) is 6.26 Å². The molecule has 0 saturated heterocycles. The Morgan fingerprint density at radius 1 is 1.12 bits per heavy atom. The largest absolute Gasteiger partial charge is 0.497 e. The Hall–Kier alpha value is -3.28. The van der Waals surface area contributed by atoms with Gasteiger partial charge in [0.2, 0.25) is 11.8 Å². The summed E-state index contributed by atoms with van der Waals surface area (Å²) in [6, 6.07) is 14.0. The third kappa shape index (κ3) is 3.92. The van der Waals surface area contributed by atoms with Crippen molar-refractivity contribution in [1.82, 2.24) is 4.98 Å². The van der Waals surface area contributed by atoms with Crippen molar-refractivity contribution in [2.45, 2.75) is 6.42 Å². The molecule has 0 bridgehead atoms. The molecule has 0 saturated carbocycles. The van der Waals surface area contributed by atoms with E-state index in [1.54, 1.807) is 61.8 Å². The van der Waals surface area contributed by atoms with Gasteiger partial charge in [0.1, 0.15) is 22.9 Å². The zero-order valence-corrected chi connectivity index (χ0v) is 13.1. The first-order chi connectivity index (χ1) is 11.7. The molecule has 0 aliphatic carbocycles. The van der Waals surface area contributed by atoms with E-state index in [-0.39, 0.29) is 12.3 Å². The van der Waals surface area contributed by atoms with Crippen molar-refractivity contribution in [3.05, 3.63) is 66.8 Å². The number of furan rings is 1. The predicted molar refractivity (Wildman–Crippen MR) is 88.3 cm³/mol. The van der Waals surface area contributed by atoms with E-state index >= 15 is 0 Å². The Kier molecular flexibility index (Phi) is 4.76. The predicted octanol–water partition coefficient (Wildman–Crippen LogP) is 3.66. The van der Waals surface area contributed by atoms with Crippen molar-refractivity contribution in [2.24, 2.45) is 0 Å². The number of hydrogen-bond donors (Lipinski definition) is 1. The van der Waals surface area contributed by atoms with Gasteiger partial charge in [0.25, 0.3) is 0 Å². The van der Waals surface area contributed by atoms with Crippen LogP contribution in [0.2, 0.25) is 0 Å². The molecule has 0 aliphatic rings. The van der Waals surface area contributed by atoms with Crippen LogP contribution in [0.5, 0.6) is 17.4 Å². The van der Waals surface area contributed by atoms with Gasteiger partial charge < -0.3 is 19.2 Å². The number of rotatable bonds is 6. The van der Waals surface area contributed by atoms with Gasteiger partial charge in [-0.2, -0.15) is 0 Å². The van der Waals surface area contributed by atoms with E-state index in [0.717, 1.165) is 5.75 Å². The normalized spacial score (nSPS) is 10.2. The summed E-state index contributed by atoms with van der Waals surface area (Å²) >= 11 is 0. The van der Waals surface area contributed by atoms with Crippen LogP contribution in [0.4, 0.5) is 5.69 Å². The molecule has 6 heteroatoms. The molecule has 24 heavy (non-hydrogen) atoms. The zero-order chi connectivity index (χ0) is 16.8. The first-order valence-electron chi connectivity index (χ1n) is 7.34. The first-order valence-corrected chi connectivity index (χ1v) is 7.34. The maximum atomic E-state index is 12.1. The van der Waals surface area contributed by atoms with Gasteiger partial charge >= 0.3 is 0 Å². The number of carbonyl (C=O) groups is 1. The van der Waals surface area contributed by atoms with Crippen molar-refractivity contribution >= 4 is 11.6 Å². The van der Waals surface area contributed by atoms with E-state index in [4.69, 9.17) is 13.9 Å². The van der Waals surface area contributed by atoms with Crippen LogP contribution in [0.25, 0.3) is 0 Å². The minimum atomic E-state index is -0.211. The molecule has 2 aromatic heterocycles. The number of anilines is 1. The van der Waals surface area contributed by atoms with Gasteiger partial charge in [0, 0.05) is 6.20 Å². The lowest BCUT2D eigenvalue weighted by Crippen LogP contribution is -2.14. The number of amides is 1. The molecular weight excluding hydrogens is 308 g/mol. The summed E-state index contributed by atoms with van der Waals surface area (Å²) in [7, 11) is 1.60. The number of aromatic nitrogens is 1.